The number of aryl methyl sites for hydroxylation is 1. The summed E-state index contributed by atoms with van der Waals surface area (Å²) in [5.74, 6) is 1.30. The van der Waals surface area contributed by atoms with Crippen molar-refractivity contribution >= 4 is 17.7 Å². The Bertz CT molecular complexity index is 851. The average Bonchev–Trinajstić information content (AvgIpc) is 3.07. The zero-order valence-corrected chi connectivity index (χ0v) is 14.8. The van der Waals surface area contributed by atoms with Crippen molar-refractivity contribution in [3.05, 3.63) is 59.1 Å². The number of urea groups is 1. The van der Waals surface area contributed by atoms with Crippen LogP contribution >= 0.6 is 0 Å². The van der Waals surface area contributed by atoms with Crippen LogP contribution < -0.4 is 15.4 Å². The van der Waals surface area contributed by atoms with Gasteiger partial charge in [0, 0.05) is 0 Å². The first-order valence-corrected chi connectivity index (χ1v) is 8.23. The van der Waals surface area contributed by atoms with Gasteiger partial charge in [-0.3, -0.25) is 0 Å². The molecule has 1 unspecified atom stereocenters. The number of amides is 2. The van der Waals surface area contributed by atoms with Gasteiger partial charge in [0.05, 0.1) is 25.0 Å². The highest BCUT2D eigenvalue weighted by Gasteiger charge is 2.36. The summed E-state index contributed by atoms with van der Waals surface area (Å²) >= 11 is 0. The molecule has 3 rings (SSSR count). The van der Waals surface area contributed by atoms with Crippen molar-refractivity contribution in [3.8, 4) is 5.75 Å². The van der Waals surface area contributed by atoms with Crippen molar-refractivity contribution in [2.45, 2.75) is 19.9 Å². The van der Waals surface area contributed by atoms with E-state index in [-0.39, 0.29) is 12.2 Å². The topological polar surface area (TPSA) is 89.8 Å². The predicted molar refractivity (Wildman–Crippen MR) is 94.4 cm³/mol. The molecule has 1 atom stereocenters. The minimum atomic E-state index is -0.742. The van der Waals surface area contributed by atoms with Gasteiger partial charge in [0.1, 0.15) is 23.3 Å². The number of ether oxygens (including phenoxy) is 2. The molecule has 7 nitrogen and oxygen atoms in total. The van der Waals surface area contributed by atoms with E-state index in [4.69, 9.17) is 13.9 Å². The van der Waals surface area contributed by atoms with Crippen LogP contribution in [0.1, 0.15) is 30.0 Å². The summed E-state index contributed by atoms with van der Waals surface area (Å²) in [6, 6.07) is 9.39. The minimum absolute atomic E-state index is 0.218. The Labute approximate surface area is 151 Å². The Morgan fingerprint density at radius 1 is 1.19 bits per heavy atom. The number of rotatable bonds is 5. The number of esters is 1. The molecule has 0 radical (unpaired) electrons. The third kappa shape index (κ3) is 3.42. The zero-order valence-electron chi connectivity index (χ0n) is 14.8. The lowest BCUT2D eigenvalue weighted by atomic mass is 9.96. The van der Waals surface area contributed by atoms with Crippen LogP contribution in [-0.4, -0.2) is 25.7 Å². The second kappa shape index (κ2) is 7.35. The highest BCUT2D eigenvalue weighted by Crippen LogP contribution is 2.33. The SMILES string of the molecule is CCOC(=O)C1=C(c2ccc(OC)cc2)NC(=O)NC1c1ccc(C)o1. The molecule has 136 valence electrons. The molecule has 0 spiro atoms. The van der Waals surface area contributed by atoms with Crippen molar-refractivity contribution in [2.24, 2.45) is 0 Å². The molecule has 1 aromatic carbocycles. The standard InChI is InChI=1S/C19H20N2O5/c1-4-25-18(22)15-16(12-6-8-13(24-3)9-7-12)20-19(23)21-17(15)14-10-5-11(2)26-14/h5-10,17H,4H2,1-3H3,(H2,20,21,23). The highest BCUT2D eigenvalue weighted by molar-refractivity contribution is 6.04. The smallest absolute Gasteiger partial charge is 0.338 e. The molecule has 2 heterocycles. The van der Waals surface area contributed by atoms with Gasteiger partial charge in [0.25, 0.3) is 0 Å². The fourth-order valence-electron chi connectivity index (χ4n) is 2.80. The van der Waals surface area contributed by atoms with Crippen LogP contribution in [-0.2, 0) is 9.53 Å². The summed E-state index contributed by atoms with van der Waals surface area (Å²) in [6.07, 6.45) is 0. The second-order valence-electron chi connectivity index (χ2n) is 5.72. The van der Waals surface area contributed by atoms with E-state index in [0.717, 1.165) is 0 Å². The van der Waals surface area contributed by atoms with Crippen LogP contribution in [0.25, 0.3) is 5.70 Å². The molecule has 26 heavy (non-hydrogen) atoms. The van der Waals surface area contributed by atoms with Crippen molar-refractivity contribution < 1.29 is 23.5 Å². The fourth-order valence-corrected chi connectivity index (χ4v) is 2.80. The molecule has 0 bridgehead atoms. The number of methoxy groups -OCH3 is 1. The van der Waals surface area contributed by atoms with Gasteiger partial charge in [0.15, 0.2) is 0 Å². The van der Waals surface area contributed by atoms with Crippen molar-refractivity contribution in [1.82, 2.24) is 10.6 Å². The largest absolute Gasteiger partial charge is 0.497 e. The molecule has 0 saturated carbocycles. The van der Waals surface area contributed by atoms with E-state index < -0.39 is 18.0 Å². The van der Waals surface area contributed by atoms with Gasteiger partial charge < -0.3 is 24.5 Å². The molecule has 1 aliphatic rings. The molecule has 0 aliphatic carbocycles. The van der Waals surface area contributed by atoms with E-state index >= 15 is 0 Å². The highest BCUT2D eigenvalue weighted by atomic mass is 16.5. The summed E-state index contributed by atoms with van der Waals surface area (Å²) in [6.45, 7) is 3.74. The lowest BCUT2D eigenvalue weighted by molar-refractivity contribution is -0.138. The summed E-state index contributed by atoms with van der Waals surface area (Å²) in [5, 5.41) is 5.44. The Morgan fingerprint density at radius 3 is 2.50 bits per heavy atom. The Morgan fingerprint density at radius 2 is 1.92 bits per heavy atom. The van der Waals surface area contributed by atoms with Crippen LogP contribution in [0.5, 0.6) is 5.75 Å². The quantitative estimate of drug-likeness (QED) is 0.804. The first kappa shape index (κ1) is 17.6. The number of benzene rings is 1. The van der Waals surface area contributed by atoms with E-state index in [0.29, 0.717) is 28.5 Å². The summed E-state index contributed by atoms with van der Waals surface area (Å²) in [7, 11) is 1.57. The monoisotopic (exact) mass is 356 g/mol. The van der Waals surface area contributed by atoms with Crippen LogP contribution in [0.3, 0.4) is 0 Å². The van der Waals surface area contributed by atoms with Gasteiger partial charge in [-0.2, -0.15) is 0 Å². The molecule has 0 saturated heterocycles. The first-order valence-electron chi connectivity index (χ1n) is 8.23. The van der Waals surface area contributed by atoms with E-state index in [2.05, 4.69) is 10.6 Å². The molecule has 1 aliphatic heterocycles. The van der Waals surface area contributed by atoms with Crippen LogP contribution in [0.2, 0.25) is 0 Å². The third-order valence-electron chi connectivity index (χ3n) is 3.99. The van der Waals surface area contributed by atoms with Crippen molar-refractivity contribution in [2.75, 3.05) is 13.7 Å². The second-order valence-corrected chi connectivity index (χ2v) is 5.72. The lowest BCUT2D eigenvalue weighted by Gasteiger charge is -2.28. The minimum Gasteiger partial charge on any atom is -0.497 e. The summed E-state index contributed by atoms with van der Waals surface area (Å²) < 4.78 is 16.0. The average molecular weight is 356 g/mol. The third-order valence-corrected chi connectivity index (χ3v) is 3.99. The van der Waals surface area contributed by atoms with Crippen LogP contribution in [0, 0.1) is 6.92 Å². The molecule has 2 amide bonds. The van der Waals surface area contributed by atoms with E-state index in [1.165, 1.54) is 0 Å². The van der Waals surface area contributed by atoms with E-state index in [1.807, 2.05) is 0 Å². The van der Waals surface area contributed by atoms with Gasteiger partial charge in [-0.25, -0.2) is 9.59 Å². The number of hydrogen-bond donors (Lipinski definition) is 2. The van der Waals surface area contributed by atoms with E-state index in [1.54, 1.807) is 57.4 Å². The number of carbonyl (C=O) groups is 2. The van der Waals surface area contributed by atoms with Gasteiger partial charge in [-0.1, -0.05) is 0 Å². The zero-order chi connectivity index (χ0) is 18.7. The molecular weight excluding hydrogens is 336 g/mol. The number of carbonyl (C=O) groups excluding carboxylic acids is 2. The Balaban J connectivity index is 2.14. The number of nitrogens with one attached hydrogen (secondary N) is 2. The van der Waals surface area contributed by atoms with Crippen molar-refractivity contribution in [3.63, 3.8) is 0 Å². The molecule has 0 fully saturated rings. The molecule has 2 N–H and O–H groups in total. The van der Waals surface area contributed by atoms with Gasteiger partial charge >= 0.3 is 12.0 Å². The van der Waals surface area contributed by atoms with Crippen molar-refractivity contribution in [1.29, 1.82) is 0 Å². The molecule has 1 aromatic heterocycles. The van der Waals surface area contributed by atoms with Gasteiger partial charge in [0.2, 0.25) is 0 Å². The van der Waals surface area contributed by atoms with E-state index in [9.17, 15) is 9.59 Å². The van der Waals surface area contributed by atoms with Gasteiger partial charge in [-0.15, -0.1) is 0 Å². The number of furan rings is 1. The molecule has 7 heteroatoms. The maximum absolute atomic E-state index is 12.7. The lowest BCUT2D eigenvalue weighted by Crippen LogP contribution is -2.45. The van der Waals surface area contributed by atoms with Crippen LogP contribution in [0.4, 0.5) is 4.79 Å². The predicted octanol–water partition coefficient (Wildman–Crippen LogP) is 2.92. The number of hydrogen-bond acceptors (Lipinski definition) is 5. The summed E-state index contributed by atoms with van der Waals surface area (Å²) in [4.78, 5) is 24.9. The maximum Gasteiger partial charge on any atom is 0.338 e. The normalized spacial score (nSPS) is 16.7. The molecular formula is C19H20N2O5. The first-order chi connectivity index (χ1) is 12.5. The summed E-state index contributed by atoms with van der Waals surface area (Å²) in [5.41, 5.74) is 1.33. The molecule has 2 aromatic rings. The Kier molecular flexibility index (Phi) is 4.97. The van der Waals surface area contributed by atoms with Gasteiger partial charge in [-0.05, 0) is 55.8 Å². The maximum atomic E-state index is 12.7. The Hall–Kier alpha value is -3.22. The van der Waals surface area contributed by atoms with Crippen LogP contribution in [0.15, 0.2) is 46.4 Å². The fraction of sp³-hybridized carbons (Fsp3) is 0.263.